The molecule has 3 rings (SSSR count). The van der Waals surface area contributed by atoms with Gasteiger partial charge >= 0.3 is 0 Å². The Balaban J connectivity index is 1.85. The van der Waals surface area contributed by atoms with Gasteiger partial charge in [0.15, 0.2) is 0 Å². The first-order valence-corrected chi connectivity index (χ1v) is 6.59. The van der Waals surface area contributed by atoms with E-state index in [0.29, 0.717) is 12.6 Å². The molecule has 1 fully saturated rings. The highest BCUT2D eigenvalue weighted by atomic mass is 16.3. The molecule has 2 aromatic heterocycles. The summed E-state index contributed by atoms with van der Waals surface area (Å²) in [6.07, 6.45) is 5.92. The molecule has 19 heavy (non-hydrogen) atoms. The molecule has 1 aliphatic rings. The Morgan fingerprint density at radius 2 is 2.32 bits per heavy atom. The highest BCUT2D eigenvalue weighted by molar-refractivity contribution is 5.37. The molecular formula is C14H18N4O. The van der Waals surface area contributed by atoms with Crippen LogP contribution in [0.2, 0.25) is 0 Å². The van der Waals surface area contributed by atoms with Gasteiger partial charge in [-0.15, -0.1) is 0 Å². The Bertz CT molecular complexity index is 549. The van der Waals surface area contributed by atoms with Crippen LogP contribution >= 0.6 is 0 Å². The lowest BCUT2D eigenvalue weighted by atomic mass is 10.2. The van der Waals surface area contributed by atoms with Gasteiger partial charge in [0.05, 0.1) is 12.8 Å². The average molecular weight is 258 g/mol. The van der Waals surface area contributed by atoms with Crippen LogP contribution in [0, 0.1) is 6.92 Å². The zero-order valence-corrected chi connectivity index (χ0v) is 11.0. The molecule has 0 radical (unpaired) electrons. The summed E-state index contributed by atoms with van der Waals surface area (Å²) in [5.41, 5.74) is 7.60. The predicted octanol–water partition coefficient (Wildman–Crippen LogP) is 2.01. The maximum Gasteiger partial charge on any atom is 0.226 e. The van der Waals surface area contributed by atoms with Crippen LogP contribution in [0.4, 0.5) is 5.95 Å². The van der Waals surface area contributed by atoms with Crippen molar-refractivity contribution in [3.8, 4) is 0 Å². The fourth-order valence-electron chi connectivity index (χ4n) is 2.14. The summed E-state index contributed by atoms with van der Waals surface area (Å²) in [6, 6.07) is 4.42. The number of aromatic nitrogens is 2. The van der Waals surface area contributed by atoms with Crippen molar-refractivity contribution in [2.75, 3.05) is 4.90 Å². The van der Waals surface area contributed by atoms with Crippen molar-refractivity contribution in [1.29, 1.82) is 0 Å². The van der Waals surface area contributed by atoms with E-state index in [9.17, 15) is 0 Å². The van der Waals surface area contributed by atoms with E-state index < -0.39 is 0 Å². The third-order valence-electron chi connectivity index (χ3n) is 3.44. The minimum absolute atomic E-state index is 0.480. The standard InChI is InChI=1S/C14H18N4O/c1-10-11(7-15)8-16-14(17-10)18(12-4-5-12)9-13-3-2-6-19-13/h2-3,6,8,12H,4-5,7,9,15H2,1H3. The van der Waals surface area contributed by atoms with Gasteiger partial charge in [0.2, 0.25) is 5.95 Å². The van der Waals surface area contributed by atoms with Gasteiger partial charge in [-0.1, -0.05) is 0 Å². The van der Waals surface area contributed by atoms with Crippen molar-refractivity contribution in [2.45, 2.75) is 38.9 Å². The summed E-state index contributed by atoms with van der Waals surface area (Å²) in [6.45, 7) is 3.18. The van der Waals surface area contributed by atoms with E-state index in [1.807, 2.05) is 25.3 Å². The van der Waals surface area contributed by atoms with Gasteiger partial charge in [0.25, 0.3) is 0 Å². The second kappa shape index (κ2) is 5.01. The molecular weight excluding hydrogens is 240 g/mol. The molecule has 0 bridgehead atoms. The number of hydrogen-bond acceptors (Lipinski definition) is 5. The molecule has 1 saturated carbocycles. The summed E-state index contributed by atoms with van der Waals surface area (Å²) < 4.78 is 5.42. The maximum absolute atomic E-state index is 5.65. The van der Waals surface area contributed by atoms with Crippen LogP contribution < -0.4 is 10.6 Å². The smallest absolute Gasteiger partial charge is 0.226 e. The molecule has 5 heteroatoms. The van der Waals surface area contributed by atoms with E-state index >= 15 is 0 Å². The van der Waals surface area contributed by atoms with E-state index in [1.165, 1.54) is 12.8 Å². The van der Waals surface area contributed by atoms with Gasteiger partial charge in [0.1, 0.15) is 5.76 Å². The van der Waals surface area contributed by atoms with E-state index in [2.05, 4.69) is 14.9 Å². The number of nitrogens with two attached hydrogens (primary N) is 1. The number of nitrogens with zero attached hydrogens (tertiary/aromatic N) is 3. The van der Waals surface area contributed by atoms with Crippen LogP contribution in [-0.4, -0.2) is 16.0 Å². The van der Waals surface area contributed by atoms with Crippen molar-refractivity contribution in [1.82, 2.24) is 9.97 Å². The molecule has 2 heterocycles. The van der Waals surface area contributed by atoms with Gasteiger partial charge < -0.3 is 15.1 Å². The lowest BCUT2D eigenvalue weighted by Crippen LogP contribution is -2.27. The van der Waals surface area contributed by atoms with Gasteiger partial charge in [-0.25, -0.2) is 9.97 Å². The Kier molecular flexibility index (Phi) is 3.21. The number of aryl methyl sites for hydroxylation is 1. The van der Waals surface area contributed by atoms with Crippen LogP contribution in [0.5, 0.6) is 0 Å². The fraction of sp³-hybridized carbons (Fsp3) is 0.429. The quantitative estimate of drug-likeness (QED) is 0.888. The zero-order valence-electron chi connectivity index (χ0n) is 11.0. The van der Waals surface area contributed by atoms with Gasteiger partial charge in [0, 0.05) is 30.0 Å². The molecule has 100 valence electrons. The number of hydrogen-bond donors (Lipinski definition) is 1. The van der Waals surface area contributed by atoms with E-state index in [1.54, 1.807) is 6.26 Å². The monoisotopic (exact) mass is 258 g/mol. The van der Waals surface area contributed by atoms with Gasteiger partial charge in [-0.05, 0) is 31.9 Å². The van der Waals surface area contributed by atoms with E-state index in [4.69, 9.17) is 10.2 Å². The van der Waals surface area contributed by atoms with Crippen LogP contribution in [-0.2, 0) is 13.1 Å². The SMILES string of the molecule is Cc1nc(N(Cc2ccco2)C2CC2)ncc1CN. The summed E-state index contributed by atoms with van der Waals surface area (Å²) >= 11 is 0. The minimum Gasteiger partial charge on any atom is -0.467 e. The van der Waals surface area contributed by atoms with Crippen molar-refractivity contribution in [3.63, 3.8) is 0 Å². The Hall–Kier alpha value is -1.88. The zero-order chi connectivity index (χ0) is 13.2. The molecule has 0 unspecified atom stereocenters. The lowest BCUT2D eigenvalue weighted by molar-refractivity contribution is 0.499. The molecule has 0 atom stereocenters. The molecule has 0 saturated heterocycles. The van der Waals surface area contributed by atoms with Crippen molar-refractivity contribution in [3.05, 3.63) is 41.6 Å². The van der Waals surface area contributed by atoms with Crippen LogP contribution in [0.25, 0.3) is 0 Å². The van der Waals surface area contributed by atoms with E-state index in [0.717, 1.165) is 29.5 Å². The normalized spacial score (nSPS) is 14.6. The lowest BCUT2D eigenvalue weighted by Gasteiger charge is -2.21. The second-order valence-electron chi connectivity index (χ2n) is 4.92. The summed E-state index contributed by atoms with van der Waals surface area (Å²) in [7, 11) is 0. The third-order valence-corrected chi connectivity index (χ3v) is 3.44. The number of furan rings is 1. The molecule has 2 aromatic rings. The Morgan fingerprint density at radius 3 is 2.89 bits per heavy atom. The third kappa shape index (κ3) is 2.61. The maximum atomic E-state index is 5.65. The predicted molar refractivity (Wildman–Crippen MR) is 72.6 cm³/mol. The molecule has 0 aliphatic heterocycles. The highest BCUT2D eigenvalue weighted by Crippen LogP contribution is 2.31. The molecule has 2 N–H and O–H groups in total. The average Bonchev–Trinajstić information content (AvgIpc) is 3.13. The molecule has 1 aliphatic carbocycles. The molecule has 5 nitrogen and oxygen atoms in total. The van der Waals surface area contributed by atoms with Crippen LogP contribution in [0.15, 0.2) is 29.0 Å². The fourth-order valence-corrected chi connectivity index (χ4v) is 2.14. The topological polar surface area (TPSA) is 68.2 Å². The van der Waals surface area contributed by atoms with E-state index in [-0.39, 0.29) is 0 Å². The summed E-state index contributed by atoms with van der Waals surface area (Å²) in [5.74, 6) is 1.71. The Morgan fingerprint density at radius 1 is 1.47 bits per heavy atom. The largest absolute Gasteiger partial charge is 0.467 e. The molecule has 0 amide bonds. The molecule has 0 aromatic carbocycles. The molecule has 0 spiro atoms. The van der Waals surface area contributed by atoms with Crippen molar-refractivity contribution in [2.24, 2.45) is 5.73 Å². The summed E-state index contributed by atoms with van der Waals surface area (Å²) in [4.78, 5) is 11.2. The number of rotatable bonds is 5. The second-order valence-corrected chi connectivity index (χ2v) is 4.92. The highest BCUT2D eigenvalue weighted by Gasteiger charge is 2.31. The first kappa shape index (κ1) is 12.2. The minimum atomic E-state index is 0.480. The first-order chi connectivity index (χ1) is 9.28. The van der Waals surface area contributed by atoms with Crippen molar-refractivity contribution < 1.29 is 4.42 Å². The van der Waals surface area contributed by atoms with Crippen molar-refractivity contribution >= 4 is 5.95 Å². The Labute approximate surface area is 112 Å². The number of anilines is 1. The van der Waals surface area contributed by atoms with Crippen LogP contribution in [0.3, 0.4) is 0 Å². The van der Waals surface area contributed by atoms with Crippen LogP contribution in [0.1, 0.15) is 29.9 Å². The van der Waals surface area contributed by atoms with Gasteiger partial charge in [-0.3, -0.25) is 0 Å². The summed E-state index contributed by atoms with van der Waals surface area (Å²) in [5, 5.41) is 0. The first-order valence-electron chi connectivity index (χ1n) is 6.59. The van der Waals surface area contributed by atoms with Gasteiger partial charge in [-0.2, -0.15) is 0 Å².